The van der Waals surface area contributed by atoms with Crippen LogP contribution >= 0.6 is 0 Å². The van der Waals surface area contributed by atoms with Crippen molar-refractivity contribution in [1.29, 1.82) is 0 Å². The van der Waals surface area contributed by atoms with Crippen molar-refractivity contribution < 1.29 is 9.53 Å². The van der Waals surface area contributed by atoms with E-state index in [1.54, 1.807) is 44.0 Å². The van der Waals surface area contributed by atoms with Gasteiger partial charge in [0.15, 0.2) is 5.60 Å². The molecule has 2 N–H and O–H groups in total. The lowest BCUT2D eigenvalue weighted by atomic mass is 10.0. The zero-order chi connectivity index (χ0) is 11.2. The lowest BCUT2D eigenvalue weighted by Crippen LogP contribution is -2.50. The molecule has 1 aromatic rings. The van der Waals surface area contributed by atoms with E-state index in [2.05, 4.69) is 0 Å². The highest BCUT2D eigenvalue weighted by Crippen LogP contribution is 2.37. The summed E-state index contributed by atoms with van der Waals surface area (Å²) in [6.07, 6.45) is 0. The number of hydrogen-bond acceptors (Lipinski definition) is 3. The topological polar surface area (TPSA) is 55.6 Å². The molecule has 0 spiro atoms. The van der Waals surface area contributed by atoms with Crippen LogP contribution in [0.2, 0.25) is 0 Å². The lowest BCUT2D eigenvalue weighted by molar-refractivity contribution is -0.132. The summed E-state index contributed by atoms with van der Waals surface area (Å²) in [5.74, 6) is 0.599. The molecule has 0 bridgehead atoms. The number of rotatable bonds is 0. The maximum Gasteiger partial charge on any atom is 0.270 e. The maximum absolute atomic E-state index is 11.9. The van der Waals surface area contributed by atoms with Crippen molar-refractivity contribution in [1.82, 2.24) is 0 Å². The van der Waals surface area contributed by atoms with Gasteiger partial charge in [0.1, 0.15) is 5.75 Å². The molecule has 0 saturated heterocycles. The molecule has 0 aliphatic carbocycles. The van der Waals surface area contributed by atoms with Crippen molar-refractivity contribution in [3.63, 3.8) is 0 Å². The van der Waals surface area contributed by atoms with Gasteiger partial charge in [-0.15, -0.1) is 0 Å². The fourth-order valence-electron chi connectivity index (χ4n) is 1.72. The maximum atomic E-state index is 11.9. The first-order valence-corrected chi connectivity index (χ1v) is 4.78. The van der Waals surface area contributed by atoms with Crippen molar-refractivity contribution in [2.45, 2.75) is 19.4 Å². The molecule has 1 aromatic carbocycles. The Labute approximate surface area is 88.6 Å². The Hall–Kier alpha value is -1.71. The van der Waals surface area contributed by atoms with Crippen LogP contribution in [-0.2, 0) is 4.79 Å². The molecule has 0 saturated carbocycles. The fourth-order valence-corrected chi connectivity index (χ4v) is 1.72. The van der Waals surface area contributed by atoms with E-state index in [0.717, 1.165) is 5.69 Å². The third-order valence-electron chi connectivity index (χ3n) is 2.53. The van der Waals surface area contributed by atoms with E-state index < -0.39 is 5.60 Å². The van der Waals surface area contributed by atoms with Crippen LogP contribution in [0.4, 0.5) is 11.4 Å². The van der Waals surface area contributed by atoms with Gasteiger partial charge in [-0.05, 0) is 26.0 Å². The number of hydrogen-bond donors (Lipinski definition) is 1. The van der Waals surface area contributed by atoms with Gasteiger partial charge < -0.3 is 15.4 Å². The number of amides is 1. The third-order valence-corrected chi connectivity index (χ3v) is 2.53. The summed E-state index contributed by atoms with van der Waals surface area (Å²) in [6, 6.07) is 5.28. The van der Waals surface area contributed by atoms with Gasteiger partial charge in [0.25, 0.3) is 5.91 Å². The minimum Gasteiger partial charge on any atom is -0.476 e. The minimum absolute atomic E-state index is 0.0558. The van der Waals surface area contributed by atoms with Gasteiger partial charge >= 0.3 is 0 Å². The molecule has 0 atom stereocenters. The summed E-state index contributed by atoms with van der Waals surface area (Å²) in [5.41, 5.74) is 6.23. The van der Waals surface area contributed by atoms with Gasteiger partial charge in [-0.2, -0.15) is 0 Å². The number of likely N-dealkylation sites (N-methyl/N-ethyl adjacent to an activating group) is 1. The summed E-state index contributed by atoms with van der Waals surface area (Å²) in [6.45, 7) is 3.50. The van der Waals surface area contributed by atoms with Crippen molar-refractivity contribution in [2.75, 3.05) is 17.7 Å². The summed E-state index contributed by atoms with van der Waals surface area (Å²) in [4.78, 5) is 13.5. The van der Waals surface area contributed by atoms with E-state index in [-0.39, 0.29) is 5.91 Å². The summed E-state index contributed by atoms with van der Waals surface area (Å²) in [7, 11) is 1.74. The summed E-state index contributed by atoms with van der Waals surface area (Å²) in [5, 5.41) is 0. The molecule has 0 aromatic heterocycles. The first-order valence-electron chi connectivity index (χ1n) is 4.78. The third kappa shape index (κ3) is 1.42. The molecule has 0 fully saturated rings. The molecule has 15 heavy (non-hydrogen) atoms. The number of carbonyl (C=O) groups is 1. The van der Waals surface area contributed by atoms with Gasteiger partial charge in [0, 0.05) is 18.8 Å². The second kappa shape index (κ2) is 2.89. The number of nitrogen functional groups attached to an aromatic ring is 1. The largest absolute Gasteiger partial charge is 0.476 e. The number of fused-ring (bicyclic) bond motifs is 1. The molecule has 1 amide bonds. The van der Waals surface area contributed by atoms with Crippen LogP contribution in [0.15, 0.2) is 18.2 Å². The van der Waals surface area contributed by atoms with E-state index in [9.17, 15) is 4.79 Å². The van der Waals surface area contributed by atoms with Gasteiger partial charge in [0.2, 0.25) is 0 Å². The Morgan fingerprint density at radius 3 is 2.73 bits per heavy atom. The normalized spacial score (nSPS) is 18.3. The molecule has 4 nitrogen and oxygen atoms in total. The van der Waals surface area contributed by atoms with Gasteiger partial charge in [0.05, 0.1) is 5.69 Å². The van der Waals surface area contributed by atoms with Gasteiger partial charge in [-0.25, -0.2) is 0 Å². The molecule has 0 radical (unpaired) electrons. The number of nitrogens with two attached hydrogens (primary N) is 1. The van der Waals surface area contributed by atoms with E-state index in [1.807, 2.05) is 0 Å². The zero-order valence-corrected chi connectivity index (χ0v) is 9.07. The SMILES string of the molecule is CN1C(=O)C(C)(C)Oc2cc(N)ccc21. The average Bonchev–Trinajstić information content (AvgIpc) is 2.13. The standard InChI is InChI=1S/C11H14N2O2/c1-11(2)10(14)13(3)8-5-4-7(12)6-9(8)15-11/h4-6H,12H2,1-3H3. The van der Waals surface area contributed by atoms with E-state index in [0.29, 0.717) is 11.4 Å². The molecule has 1 aliphatic rings. The van der Waals surface area contributed by atoms with E-state index >= 15 is 0 Å². The first kappa shape index (κ1) is 9.83. The molecule has 4 heteroatoms. The molecule has 2 rings (SSSR count). The second-order valence-corrected chi connectivity index (χ2v) is 4.20. The number of anilines is 2. The molecule has 80 valence electrons. The zero-order valence-electron chi connectivity index (χ0n) is 9.07. The Morgan fingerprint density at radius 2 is 2.07 bits per heavy atom. The second-order valence-electron chi connectivity index (χ2n) is 4.20. The van der Waals surface area contributed by atoms with Crippen LogP contribution in [0, 0.1) is 0 Å². The van der Waals surface area contributed by atoms with Crippen LogP contribution in [0.1, 0.15) is 13.8 Å². The number of benzene rings is 1. The molecule has 1 aliphatic heterocycles. The van der Waals surface area contributed by atoms with Crippen molar-refractivity contribution in [2.24, 2.45) is 0 Å². The Balaban J connectivity index is 2.55. The Kier molecular flexibility index (Phi) is 1.89. The number of carbonyl (C=O) groups excluding carboxylic acids is 1. The summed E-state index contributed by atoms with van der Waals surface area (Å²) >= 11 is 0. The molecule has 0 unspecified atom stereocenters. The van der Waals surface area contributed by atoms with Crippen LogP contribution in [0.25, 0.3) is 0 Å². The van der Waals surface area contributed by atoms with Crippen molar-refractivity contribution in [3.05, 3.63) is 18.2 Å². The number of ether oxygens (including phenoxy) is 1. The van der Waals surface area contributed by atoms with Crippen LogP contribution < -0.4 is 15.4 Å². The van der Waals surface area contributed by atoms with Crippen molar-refractivity contribution >= 4 is 17.3 Å². The highest BCUT2D eigenvalue weighted by atomic mass is 16.5. The fraction of sp³-hybridized carbons (Fsp3) is 0.364. The monoisotopic (exact) mass is 206 g/mol. The first-order chi connectivity index (χ1) is 6.92. The molecular weight excluding hydrogens is 192 g/mol. The smallest absolute Gasteiger partial charge is 0.270 e. The minimum atomic E-state index is -0.824. The van der Waals surface area contributed by atoms with Gasteiger partial charge in [-0.1, -0.05) is 0 Å². The lowest BCUT2D eigenvalue weighted by Gasteiger charge is -2.36. The van der Waals surface area contributed by atoms with E-state index in [4.69, 9.17) is 10.5 Å². The molecule has 1 heterocycles. The van der Waals surface area contributed by atoms with Crippen LogP contribution in [-0.4, -0.2) is 18.6 Å². The Morgan fingerprint density at radius 1 is 1.40 bits per heavy atom. The number of nitrogens with zero attached hydrogens (tertiary/aromatic N) is 1. The van der Waals surface area contributed by atoms with E-state index in [1.165, 1.54) is 0 Å². The molecular formula is C11H14N2O2. The highest BCUT2D eigenvalue weighted by Gasteiger charge is 2.39. The van der Waals surface area contributed by atoms with Crippen molar-refractivity contribution in [3.8, 4) is 5.75 Å². The summed E-state index contributed by atoms with van der Waals surface area (Å²) < 4.78 is 5.61. The predicted octanol–water partition coefficient (Wildman–Crippen LogP) is 1.40. The quantitative estimate of drug-likeness (QED) is 0.653. The van der Waals surface area contributed by atoms with Gasteiger partial charge in [-0.3, -0.25) is 4.79 Å². The Bertz CT molecular complexity index is 427. The van der Waals surface area contributed by atoms with Crippen LogP contribution in [0.5, 0.6) is 5.75 Å². The highest BCUT2D eigenvalue weighted by molar-refractivity contribution is 6.02. The average molecular weight is 206 g/mol. The van der Waals surface area contributed by atoms with Crippen LogP contribution in [0.3, 0.4) is 0 Å². The predicted molar refractivity (Wildman–Crippen MR) is 59.0 cm³/mol.